The number of rotatable bonds is 5. The second kappa shape index (κ2) is 6.13. The molecule has 0 aromatic heterocycles. The number of amides is 1. The average molecular weight is 313 g/mol. The molecule has 0 unspecified atom stereocenters. The molecule has 0 aliphatic heterocycles. The second-order valence-corrected chi connectivity index (χ2v) is 7.13. The third-order valence-corrected chi connectivity index (χ3v) is 4.30. The molecule has 7 heteroatoms. The monoisotopic (exact) mass is 313 g/mol. The van der Waals surface area contributed by atoms with Crippen molar-refractivity contribution < 1.29 is 13.2 Å². The van der Waals surface area contributed by atoms with E-state index in [-0.39, 0.29) is 10.8 Å². The van der Waals surface area contributed by atoms with Crippen molar-refractivity contribution in [2.45, 2.75) is 45.1 Å². The van der Waals surface area contributed by atoms with E-state index in [0.29, 0.717) is 12.2 Å². The first-order valence-electron chi connectivity index (χ1n) is 6.69. The van der Waals surface area contributed by atoms with Crippen LogP contribution in [0.5, 0.6) is 0 Å². The molecule has 0 spiro atoms. The Labute approximate surface area is 126 Å². The summed E-state index contributed by atoms with van der Waals surface area (Å²) < 4.78 is 23.0. The number of nitrogens with two attached hydrogens (primary N) is 1. The van der Waals surface area contributed by atoms with Crippen molar-refractivity contribution in [2.75, 3.05) is 11.9 Å². The van der Waals surface area contributed by atoms with E-state index in [9.17, 15) is 13.2 Å². The highest BCUT2D eigenvalue weighted by Gasteiger charge is 2.27. The molecule has 0 heterocycles. The van der Waals surface area contributed by atoms with E-state index >= 15 is 0 Å². The van der Waals surface area contributed by atoms with Gasteiger partial charge in [-0.15, -0.1) is 0 Å². The third-order valence-electron chi connectivity index (χ3n) is 3.40. The fourth-order valence-electron chi connectivity index (χ4n) is 1.92. The van der Waals surface area contributed by atoms with Gasteiger partial charge >= 0.3 is 0 Å². The van der Waals surface area contributed by atoms with E-state index in [1.807, 2.05) is 13.8 Å². The molecular formula is C14H23N3O3S. The zero-order chi connectivity index (χ0) is 16.4. The number of primary sulfonamides is 1. The zero-order valence-electron chi connectivity index (χ0n) is 13.1. The molecule has 118 valence electrons. The molecule has 1 amide bonds. The molecule has 0 aliphatic carbocycles. The van der Waals surface area contributed by atoms with Gasteiger partial charge in [0.05, 0.1) is 10.4 Å². The maximum Gasteiger partial charge on any atom is 0.244 e. The van der Waals surface area contributed by atoms with Gasteiger partial charge in [0.1, 0.15) is 0 Å². The van der Waals surface area contributed by atoms with Crippen LogP contribution in [0.15, 0.2) is 17.0 Å². The number of benzene rings is 1. The average Bonchev–Trinajstić information content (AvgIpc) is 2.33. The standard InChI is InChI=1S/C14H23N3O3S/c1-6-16-14(4,5)13(18)17-12-8-11(21(15,19)20)7-9(2)10(12)3/h7-8,16H,6H2,1-5H3,(H,17,18)(H2,15,19,20). The molecule has 1 rings (SSSR count). The molecule has 0 bridgehead atoms. The molecular weight excluding hydrogens is 290 g/mol. The van der Waals surface area contributed by atoms with Crippen molar-refractivity contribution in [3.63, 3.8) is 0 Å². The molecule has 1 aromatic rings. The van der Waals surface area contributed by atoms with Gasteiger partial charge in [-0.25, -0.2) is 13.6 Å². The molecule has 0 aliphatic rings. The first-order chi connectivity index (χ1) is 9.49. The smallest absolute Gasteiger partial charge is 0.244 e. The van der Waals surface area contributed by atoms with Gasteiger partial charge in [0.2, 0.25) is 15.9 Å². The maximum atomic E-state index is 12.3. The van der Waals surface area contributed by atoms with E-state index in [4.69, 9.17) is 5.14 Å². The summed E-state index contributed by atoms with van der Waals surface area (Å²) in [5.41, 5.74) is 1.25. The summed E-state index contributed by atoms with van der Waals surface area (Å²) in [6.07, 6.45) is 0. The highest BCUT2D eigenvalue weighted by atomic mass is 32.2. The predicted molar refractivity (Wildman–Crippen MR) is 83.7 cm³/mol. The molecule has 0 atom stereocenters. The van der Waals surface area contributed by atoms with Crippen molar-refractivity contribution in [1.29, 1.82) is 0 Å². The largest absolute Gasteiger partial charge is 0.324 e. The summed E-state index contributed by atoms with van der Waals surface area (Å²) in [5, 5.41) is 11.0. The lowest BCUT2D eigenvalue weighted by Crippen LogP contribution is -2.49. The number of hydrogen-bond acceptors (Lipinski definition) is 4. The number of nitrogens with one attached hydrogen (secondary N) is 2. The maximum absolute atomic E-state index is 12.3. The molecule has 0 fully saturated rings. The van der Waals surface area contributed by atoms with Gasteiger partial charge < -0.3 is 10.6 Å². The van der Waals surface area contributed by atoms with E-state index in [0.717, 1.165) is 11.1 Å². The summed E-state index contributed by atoms with van der Waals surface area (Å²) in [4.78, 5) is 12.3. The number of carbonyl (C=O) groups excluding carboxylic acids is 1. The number of anilines is 1. The van der Waals surface area contributed by atoms with Crippen LogP contribution in [0.25, 0.3) is 0 Å². The van der Waals surface area contributed by atoms with Crippen LogP contribution >= 0.6 is 0 Å². The number of carbonyl (C=O) groups is 1. The van der Waals surface area contributed by atoms with Crippen LogP contribution in [-0.4, -0.2) is 26.4 Å². The molecule has 6 nitrogen and oxygen atoms in total. The molecule has 21 heavy (non-hydrogen) atoms. The Bertz CT molecular complexity index is 652. The number of likely N-dealkylation sites (N-methyl/N-ethyl adjacent to an activating group) is 1. The van der Waals surface area contributed by atoms with Crippen LogP contribution in [0.1, 0.15) is 31.9 Å². The molecule has 1 aromatic carbocycles. The van der Waals surface area contributed by atoms with Gasteiger partial charge in [-0.1, -0.05) is 6.92 Å². The minimum Gasteiger partial charge on any atom is -0.324 e. The lowest BCUT2D eigenvalue weighted by atomic mass is 10.0. The summed E-state index contributed by atoms with van der Waals surface area (Å²) in [5.74, 6) is -0.238. The molecule has 0 saturated heterocycles. The van der Waals surface area contributed by atoms with Gasteiger partial charge in [-0.05, 0) is 57.5 Å². The van der Waals surface area contributed by atoms with Gasteiger partial charge in [0, 0.05) is 5.69 Å². The van der Waals surface area contributed by atoms with E-state index < -0.39 is 15.6 Å². The van der Waals surface area contributed by atoms with Gasteiger partial charge in [0.25, 0.3) is 0 Å². The Morgan fingerprint density at radius 2 is 1.86 bits per heavy atom. The summed E-state index contributed by atoms with van der Waals surface area (Å²) in [6.45, 7) is 9.67. The van der Waals surface area contributed by atoms with Crippen molar-refractivity contribution in [2.24, 2.45) is 5.14 Å². The van der Waals surface area contributed by atoms with Gasteiger partial charge in [-0.3, -0.25) is 4.79 Å². The molecule has 0 radical (unpaired) electrons. The lowest BCUT2D eigenvalue weighted by molar-refractivity contribution is -0.121. The van der Waals surface area contributed by atoms with E-state index in [2.05, 4.69) is 10.6 Å². The summed E-state index contributed by atoms with van der Waals surface area (Å²) in [7, 11) is -3.81. The first-order valence-corrected chi connectivity index (χ1v) is 8.24. The van der Waals surface area contributed by atoms with Crippen LogP contribution in [0, 0.1) is 13.8 Å². The lowest BCUT2D eigenvalue weighted by Gasteiger charge is -2.25. The fraction of sp³-hybridized carbons (Fsp3) is 0.500. The van der Waals surface area contributed by atoms with Crippen molar-refractivity contribution in [1.82, 2.24) is 5.32 Å². The van der Waals surface area contributed by atoms with Crippen LogP contribution < -0.4 is 15.8 Å². The highest BCUT2D eigenvalue weighted by Crippen LogP contribution is 2.24. The van der Waals surface area contributed by atoms with Crippen LogP contribution in [-0.2, 0) is 14.8 Å². The van der Waals surface area contributed by atoms with Gasteiger partial charge in [-0.2, -0.15) is 0 Å². The first kappa shape index (κ1) is 17.6. The minimum absolute atomic E-state index is 0.0119. The zero-order valence-corrected chi connectivity index (χ0v) is 13.9. The Morgan fingerprint density at radius 1 is 1.29 bits per heavy atom. The Balaban J connectivity index is 3.20. The normalized spacial score (nSPS) is 12.3. The van der Waals surface area contributed by atoms with E-state index in [1.54, 1.807) is 20.8 Å². The minimum atomic E-state index is -3.81. The SMILES string of the molecule is CCNC(C)(C)C(=O)Nc1cc(S(N)(=O)=O)cc(C)c1C. The molecule has 4 N–H and O–H groups in total. The summed E-state index contributed by atoms with van der Waals surface area (Å²) >= 11 is 0. The second-order valence-electron chi connectivity index (χ2n) is 5.57. The topological polar surface area (TPSA) is 101 Å². The van der Waals surface area contributed by atoms with Crippen LogP contribution in [0.3, 0.4) is 0 Å². The van der Waals surface area contributed by atoms with Crippen molar-refractivity contribution in [3.8, 4) is 0 Å². The predicted octanol–water partition coefficient (Wildman–Crippen LogP) is 1.28. The summed E-state index contributed by atoms with van der Waals surface area (Å²) in [6, 6.07) is 2.88. The van der Waals surface area contributed by atoms with Gasteiger partial charge in [0.15, 0.2) is 0 Å². The number of sulfonamides is 1. The van der Waals surface area contributed by atoms with Crippen molar-refractivity contribution in [3.05, 3.63) is 23.3 Å². The van der Waals surface area contributed by atoms with Crippen LogP contribution in [0.2, 0.25) is 0 Å². The number of aryl methyl sites for hydroxylation is 1. The Morgan fingerprint density at radius 3 is 2.33 bits per heavy atom. The Kier molecular flexibility index (Phi) is 5.14. The van der Waals surface area contributed by atoms with Crippen molar-refractivity contribution >= 4 is 21.6 Å². The Hall–Kier alpha value is -1.44. The third kappa shape index (κ3) is 4.26. The molecule has 0 saturated carbocycles. The highest BCUT2D eigenvalue weighted by molar-refractivity contribution is 7.89. The fourth-order valence-corrected chi connectivity index (χ4v) is 2.54. The number of hydrogen-bond donors (Lipinski definition) is 3. The van der Waals surface area contributed by atoms with E-state index in [1.165, 1.54) is 12.1 Å². The van der Waals surface area contributed by atoms with Crippen LogP contribution in [0.4, 0.5) is 5.69 Å². The quantitative estimate of drug-likeness (QED) is 0.762.